The fourth-order valence-corrected chi connectivity index (χ4v) is 1.83. The Morgan fingerprint density at radius 2 is 2.00 bits per heavy atom. The number of hydrogen-bond donors (Lipinski definition) is 2. The summed E-state index contributed by atoms with van der Waals surface area (Å²) in [6.07, 6.45) is 4.41. The van der Waals surface area contributed by atoms with Crippen molar-refractivity contribution in [3.63, 3.8) is 0 Å². The van der Waals surface area contributed by atoms with E-state index in [1.807, 2.05) is 6.92 Å². The summed E-state index contributed by atoms with van der Waals surface area (Å²) in [4.78, 5) is 8.34. The average molecular weight is 281 g/mol. The summed E-state index contributed by atoms with van der Waals surface area (Å²) < 4.78 is 5.05. The number of rotatable bonds is 8. The Morgan fingerprint density at radius 1 is 1.25 bits per heavy atom. The van der Waals surface area contributed by atoms with Crippen LogP contribution >= 0.6 is 0 Å². The molecule has 0 radical (unpaired) electrons. The molecule has 0 spiro atoms. The largest absolute Gasteiger partial charge is 0.356 e. The molecule has 114 valence electrons. The van der Waals surface area contributed by atoms with E-state index in [0.717, 1.165) is 25.0 Å². The lowest BCUT2D eigenvalue weighted by Gasteiger charge is -2.11. The Kier molecular flexibility index (Phi) is 7.69. The number of nitrogens with one attached hydrogen (secondary N) is 2. The molecule has 0 saturated carbocycles. The fraction of sp³-hybridized carbons (Fsp3) is 0.786. The Labute approximate surface area is 121 Å². The number of aromatic nitrogens is 2. The van der Waals surface area contributed by atoms with Crippen LogP contribution in [0.4, 0.5) is 0 Å². The first-order valence-electron chi connectivity index (χ1n) is 7.35. The van der Waals surface area contributed by atoms with Crippen LogP contribution in [0.3, 0.4) is 0 Å². The molecule has 0 aromatic carbocycles. The molecule has 0 aliphatic heterocycles. The topological polar surface area (TPSA) is 75.3 Å². The van der Waals surface area contributed by atoms with Gasteiger partial charge in [-0.25, -0.2) is 0 Å². The molecule has 0 atom stereocenters. The van der Waals surface area contributed by atoms with Gasteiger partial charge in [0.15, 0.2) is 11.8 Å². The van der Waals surface area contributed by atoms with Gasteiger partial charge in [0, 0.05) is 26.6 Å². The molecule has 1 heterocycles. The maximum atomic E-state index is 5.05. The minimum absolute atomic E-state index is 0.655. The van der Waals surface area contributed by atoms with Crippen LogP contribution in [0, 0.1) is 12.8 Å². The predicted molar refractivity (Wildman–Crippen MR) is 80.8 cm³/mol. The molecule has 20 heavy (non-hydrogen) atoms. The molecular weight excluding hydrogens is 254 g/mol. The Bertz CT molecular complexity index is 400. The number of aliphatic imine (C=N–C) groups is 1. The molecule has 0 unspecified atom stereocenters. The van der Waals surface area contributed by atoms with Crippen molar-refractivity contribution in [2.75, 3.05) is 20.1 Å². The van der Waals surface area contributed by atoms with Crippen LogP contribution in [-0.2, 0) is 6.42 Å². The highest BCUT2D eigenvalue weighted by Gasteiger charge is 2.03. The van der Waals surface area contributed by atoms with Crippen LogP contribution < -0.4 is 10.6 Å². The summed E-state index contributed by atoms with van der Waals surface area (Å²) in [7, 11) is 1.78. The average Bonchev–Trinajstić information content (AvgIpc) is 2.81. The summed E-state index contributed by atoms with van der Waals surface area (Å²) in [5.41, 5.74) is 0. The molecule has 6 heteroatoms. The van der Waals surface area contributed by atoms with Gasteiger partial charge in [-0.15, -0.1) is 0 Å². The fourth-order valence-electron chi connectivity index (χ4n) is 1.83. The van der Waals surface area contributed by atoms with Crippen molar-refractivity contribution >= 4 is 5.96 Å². The van der Waals surface area contributed by atoms with Crippen molar-refractivity contribution in [1.29, 1.82) is 0 Å². The van der Waals surface area contributed by atoms with Gasteiger partial charge in [-0.1, -0.05) is 31.8 Å². The predicted octanol–water partition coefficient (Wildman–Crippen LogP) is 1.91. The Morgan fingerprint density at radius 3 is 2.60 bits per heavy atom. The first kappa shape index (κ1) is 16.5. The lowest BCUT2D eigenvalue weighted by atomic mass is 10.1. The van der Waals surface area contributed by atoms with E-state index in [1.54, 1.807) is 7.05 Å². The number of hydrogen-bond acceptors (Lipinski definition) is 4. The first-order valence-corrected chi connectivity index (χ1v) is 7.35. The summed E-state index contributed by atoms with van der Waals surface area (Å²) in [5, 5.41) is 10.3. The van der Waals surface area contributed by atoms with E-state index in [9.17, 15) is 0 Å². The van der Waals surface area contributed by atoms with Gasteiger partial charge in [0.05, 0.1) is 0 Å². The SMILES string of the molecule is CN=C(NCCCCC(C)C)NCCc1nc(C)no1. The van der Waals surface area contributed by atoms with Gasteiger partial charge in [-0.2, -0.15) is 4.98 Å². The zero-order valence-corrected chi connectivity index (χ0v) is 13.1. The van der Waals surface area contributed by atoms with Crippen molar-refractivity contribution in [2.24, 2.45) is 10.9 Å². The highest BCUT2D eigenvalue weighted by Crippen LogP contribution is 2.04. The second kappa shape index (κ2) is 9.34. The van der Waals surface area contributed by atoms with Gasteiger partial charge >= 0.3 is 0 Å². The molecule has 1 aromatic heterocycles. The highest BCUT2D eigenvalue weighted by atomic mass is 16.5. The zero-order chi connectivity index (χ0) is 14.8. The molecule has 0 aliphatic rings. The second-order valence-electron chi connectivity index (χ2n) is 5.30. The van der Waals surface area contributed by atoms with Gasteiger partial charge in [-0.3, -0.25) is 4.99 Å². The van der Waals surface area contributed by atoms with E-state index >= 15 is 0 Å². The molecule has 0 bridgehead atoms. The van der Waals surface area contributed by atoms with Crippen molar-refractivity contribution in [3.8, 4) is 0 Å². The van der Waals surface area contributed by atoms with Crippen LogP contribution in [0.1, 0.15) is 44.8 Å². The van der Waals surface area contributed by atoms with Crippen molar-refractivity contribution in [1.82, 2.24) is 20.8 Å². The lowest BCUT2D eigenvalue weighted by molar-refractivity contribution is 0.374. The summed E-state index contributed by atoms with van der Waals surface area (Å²) >= 11 is 0. The van der Waals surface area contributed by atoms with Crippen LogP contribution in [0.25, 0.3) is 0 Å². The van der Waals surface area contributed by atoms with Crippen LogP contribution in [-0.4, -0.2) is 36.2 Å². The van der Waals surface area contributed by atoms with Gasteiger partial charge in [0.25, 0.3) is 0 Å². The summed E-state index contributed by atoms with van der Waals surface area (Å²) in [6, 6.07) is 0. The summed E-state index contributed by atoms with van der Waals surface area (Å²) in [5.74, 6) is 2.94. The summed E-state index contributed by atoms with van der Waals surface area (Å²) in [6.45, 7) is 8.01. The monoisotopic (exact) mass is 281 g/mol. The third kappa shape index (κ3) is 7.11. The highest BCUT2D eigenvalue weighted by molar-refractivity contribution is 5.79. The molecule has 1 rings (SSSR count). The van der Waals surface area contributed by atoms with E-state index < -0.39 is 0 Å². The van der Waals surface area contributed by atoms with Gasteiger partial charge < -0.3 is 15.2 Å². The van der Waals surface area contributed by atoms with Crippen LogP contribution in [0.5, 0.6) is 0 Å². The molecule has 1 aromatic rings. The first-order chi connectivity index (χ1) is 9.61. The van der Waals surface area contributed by atoms with E-state index in [4.69, 9.17) is 4.52 Å². The Hall–Kier alpha value is -1.59. The van der Waals surface area contributed by atoms with Crippen molar-refractivity contribution in [2.45, 2.75) is 46.5 Å². The van der Waals surface area contributed by atoms with Crippen molar-refractivity contribution in [3.05, 3.63) is 11.7 Å². The van der Waals surface area contributed by atoms with Gasteiger partial charge in [0.1, 0.15) is 0 Å². The van der Waals surface area contributed by atoms with E-state index in [-0.39, 0.29) is 0 Å². The third-order valence-electron chi connectivity index (χ3n) is 2.93. The quantitative estimate of drug-likeness (QED) is 0.432. The van der Waals surface area contributed by atoms with Crippen molar-refractivity contribution < 1.29 is 4.52 Å². The van der Waals surface area contributed by atoms with Gasteiger partial charge in [-0.05, 0) is 19.3 Å². The molecule has 0 saturated heterocycles. The second-order valence-corrected chi connectivity index (χ2v) is 5.30. The third-order valence-corrected chi connectivity index (χ3v) is 2.93. The maximum Gasteiger partial charge on any atom is 0.228 e. The molecule has 2 N–H and O–H groups in total. The van der Waals surface area contributed by atoms with E-state index in [1.165, 1.54) is 19.3 Å². The molecule has 0 amide bonds. The zero-order valence-electron chi connectivity index (χ0n) is 13.1. The Balaban J connectivity index is 2.10. The normalized spacial score (nSPS) is 11.9. The smallest absolute Gasteiger partial charge is 0.228 e. The van der Waals surface area contributed by atoms with E-state index in [0.29, 0.717) is 18.1 Å². The molecule has 0 fully saturated rings. The standard InChI is InChI=1S/C14H27N5O/c1-11(2)7-5-6-9-16-14(15-4)17-10-8-13-18-12(3)19-20-13/h11H,5-10H2,1-4H3,(H2,15,16,17). The van der Waals surface area contributed by atoms with Crippen LogP contribution in [0.2, 0.25) is 0 Å². The molecule has 0 aliphatic carbocycles. The number of unbranched alkanes of at least 4 members (excludes halogenated alkanes) is 1. The molecular formula is C14H27N5O. The number of guanidine groups is 1. The minimum atomic E-state index is 0.655. The molecule has 6 nitrogen and oxygen atoms in total. The van der Waals surface area contributed by atoms with Gasteiger partial charge in [0.2, 0.25) is 5.89 Å². The van der Waals surface area contributed by atoms with Crippen LogP contribution in [0.15, 0.2) is 9.52 Å². The number of aryl methyl sites for hydroxylation is 1. The number of nitrogens with zero attached hydrogens (tertiary/aromatic N) is 3. The van der Waals surface area contributed by atoms with E-state index in [2.05, 4.69) is 39.6 Å². The maximum absolute atomic E-state index is 5.05. The minimum Gasteiger partial charge on any atom is -0.356 e. The lowest BCUT2D eigenvalue weighted by Crippen LogP contribution is -2.38.